The van der Waals surface area contributed by atoms with E-state index in [-0.39, 0.29) is 6.15 Å². The van der Waals surface area contributed by atoms with Gasteiger partial charge in [-0.05, 0) is 42.0 Å². The van der Waals surface area contributed by atoms with Crippen LogP contribution in [0, 0.1) is 0 Å². The third kappa shape index (κ3) is 2.26. The SMILES string of the molecule is CCc1ccc(O)c(CC)c1CC.N. The summed E-state index contributed by atoms with van der Waals surface area (Å²) in [5.41, 5.74) is 3.84. The fourth-order valence-electron chi connectivity index (χ4n) is 1.90. The number of hydrogen-bond acceptors (Lipinski definition) is 2. The molecule has 0 bridgehead atoms. The van der Waals surface area contributed by atoms with Gasteiger partial charge in [-0.1, -0.05) is 26.8 Å². The molecule has 0 aliphatic rings. The third-order valence-corrected chi connectivity index (χ3v) is 2.59. The van der Waals surface area contributed by atoms with Crippen molar-refractivity contribution >= 4 is 0 Å². The van der Waals surface area contributed by atoms with E-state index >= 15 is 0 Å². The van der Waals surface area contributed by atoms with E-state index in [0.717, 1.165) is 24.8 Å². The fourth-order valence-corrected chi connectivity index (χ4v) is 1.90. The van der Waals surface area contributed by atoms with Crippen molar-refractivity contribution in [3.8, 4) is 5.75 Å². The molecule has 2 nitrogen and oxygen atoms in total. The molecule has 4 N–H and O–H groups in total. The van der Waals surface area contributed by atoms with E-state index < -0.39 is 0 Å². The number of aryl methyl sites for hydroxylation is 1. The highest BCUT2D eigenvalue weighted by Crippen LogP contribution is 2.25. The first-order valence-electron chi connectivity index (χ1n) is 5.07. The standard InChI is InChI=1S/C12H18O.H3N/c1-4-9-7-8-12(13)11(6-3)10(9)5-2;/h7-8,13H,4-6H2,1-3H3;1H3. The summed E-state index contributed by atoms with van der Waals surface area (Å²) in [6.45, 7) is 6.39. The molecular weight excluding hydrogens is 174 g/mol. The maximum Gasteiger partial charge on any atom is 0.119 e. The molecule has 2 heteroatoms. The van der Waals surface area contributed by atoms with Crippen molar-refractivity contribution in [1.29, 1.82) is 0 Å². The van der Waals surface area contributed by atoms with Crippen molar-refractivity contribution < 1.29 is 5.11 Å². The lowest BCUT2D eigenvalue weighted by Gasteiger charge is -2.12. The molecule has 0 heterocycles. The van der Waals surface area contributed by atoms with Gasteiger partial charge in [0.05, 0.1) is 0 Å². The average Bonchev–Trinajstić information content (AvgIpc) is 2.17. The molecule has 0 radical (unpaired) electrons. The van der Waals surface area contributed by atoms with Crippen LogP contribution in [0.25, 0.3) is 0 Å². The minimum Gasteiger partial charge on any atom is -0.508 e. The van der Waals surface area contributed by atoms with Gasteiger partial charge in [-0.2, -0.15) is 0 Å². The molecule has 0 fully saturated rings. The largest absolute Gasteiger partial charge is 0.508 e. The topological polar surface area (TPSA) is 55.2 Å². The Morgan fingerprint density at radius 1 is 0.929 bits per heavy atom. The Hall–Kier alpha value is -1.02. The number of hydrogen-bond donors (Lipinski definition) is 2. The van der Waals surface area contributed by atoms with Crippen LogP contribution >= 0.6 is 0 Å². The summed E-state index contributed by atoms with van der Waals surface area (Å²) >= 11 is 0. The number of rotatable bonds is 3. The second-order valence-corrected chi connectivity index (χ2v) is 3.26. The summed E-state index contributed by atoms with van der Waals surface area (Å²) in [7, 11) is 0. The zero-order chi connectivity index (χ0) is 9.84. The van der Waals surface area contributed by atoms with Crippen LogP contribution in [-0.2, 0) is 19.3 Å². The van der Waals surface area contributed by atoms with E-state index in [1.54, 1.807) is 0 Å². The van der Waals surface area contributed by atoms with Gasteiger partial charge in [-0.25, -0.2) is 0 Å². The maximum absolute atomic E-state index is 9.64. The average molecular weight is 195 g/mol. The van der Waals surface area contributed by atoms with Crippen LogP contribution in [0.2, 0.25) is 0 Å². The first-order chi connectivity index (χ1) is 6.24. The molecule has 0 aromatic heterocycles. The Labute approximate surface area is 86.6 Å². The second kappa shape index (κ2) is 5.66. The first-order valence-corrected chi connectivity index (χ1v) is 5.07. The van der Waals surface area contributed by atoms with Crippen LogP contribution in [-0.4, -0.2) is 5.11 Å². The van der Waals surface area contributed by atoms with Crippen LogP contribution in [0.5, 0.6) is 5.75 Å². The van der Waals surface area contributed by atoms with E-state index in [9.17, 15) is 5.11 Å². The number of aromatic hydroxyl groups is 1. The van der Waals surface area contributed by atoms with Crippen LogP contribution < -0.4 is 6.15 Å². The Morgan fingerprint density at radius 2 is 1.50 bits per heavy atom. The molecule has 1 aromatic rings. The molecule has 0 amide bonds. The molecule has 0 saturated carbocycles. The Kier molecular flexibility index (Phi) is 5.24. The fraction of sp³-hybridized carbons (Fsp3) is 0.500. The summed E-state index contributed by atoms with van der Waals surface area (Å²) in [5.74, 6) is 0.455. The highest BCUT2D eigenvalue weighted by atomic mass is 16.3. The molecule has 1 rings (SSSR count). The predicted octanol–water partition coefficient (Wildman–Crippen LogP) is 3.24. The zero-order valence-corrected chi connectivity index (χ0v) is 9.43. The molecule has 0 atom stereocenters. The molecule has 0 aliphatic heterocycles. The molecule has 0 aliphatic carbocycles. The van der Waals surface area contributed by atoms with E-state index in [1.165, 1.54) is 11.1 Å². The van der Waals surface area contributed by atoms with Crippen molar-refractivity contribution in [2.75, 3.05) is 0 Å². The highest BCUT2D eigenvalue weighted by molar-refractivity contribution is 5.44. The lowest BCUT2D eigenvalue weighted by Crippen LogP contribution is -1.97. The van der Waals surface area contributed by atoms with Gasteiger partial charge in [-0.3, -0.25) is 0 Å². The zero-order valence-electron chi connectivity index (χ0n) is 9.43. The number of benzene rings is 1. The van der Waals surface area contributed by atoms with Crippen molar-refractivity contribution in [3.05, 3.63) is 28.8 Å². The van der Waals surface area contributed by atoms with Crippen molar-refractivity contribution in [1.82, 2.24) is 6.15 Å². The van der Waals surface area contributed by atoms with Crippen molar-refractivity contribution in [2.45, 2.75) is 40.0 Å². The molecular formula is C12H21NO. The Balaban J connectivity index is 0.00000169. The minimum atomic E-state index is 0. The Morgan fingerprint density at radius 3 is 1.93 bits per heavy atom. The van der Waals surface area contributed by atoms with Crippen molar-refractivity contribution in [3.63, 3.8) is 0 Å². The molecule has 14 heavy (non-hydrogen) atoms. The van der Waals surface area contributed by atoms with Gasteiger partial charge in [0, 0.05) is 0 Å². The van der Waals surface area contributed by atoms with Crippen LogP contribution in [0.1, 0.15) is 37.5 Å². The summed E-state index contributed by atoms with van der Waals surface area (Å²) in [6.07, 6.45) is 2.99. The van der Waals surface area contributed by atoms with Crippen molar-refractivity contribution in [2.24, 2.45) is 0 Å². The van der Waals surface area contributed by atoms with Gasteiger partial charge in [-0.15, -0.1) is 0 Å². The summed E-state index contributed by atoms with van der Waals surface area (Å²) < 4.78 is 0. The normalized spacial score (nSPS) is 9.64. The van der Waals surface area contributed by atoms with Crippen LogP contribution in [0.3, 0.4) is 0 Å². The second-order valence-electron chi connectivity index (χ2n) is 3.26. The first kappa shape index (κ1) is 13.0. The molecule has 80 valence electrons. The van der Waals surface area contributed by atoms with Gasteiger partial charge in [0.2, 0.25) is 0 Å². The van der Waals surface area contributed by atoms with Gasteiger partial charge >= 0.3 is 0 Å². The number of phenolic OH excluding ortho intramolecular Hbond substituents is 1. The third-order valence-electron chi connectivity index (χ3n) is 2.59. The minimum absolute atomic E-state index is 0. The van der Waals surface area contributed by atoms with E-state index in [4.69, 9.17) is 0 Å². The van der Waals surface area contributed by atoms with Gasteiger partial charge in [0.25, 0.3) is 0 Å². The quantitative estimate of drug-likeness (QED) is 0.778. The summed E-state index contributed by atoms with van der Waals surface area (Å²) in [6, 6.07) is 3.85. The van der Waals surface area contributed by atoms with Gasteiger partial charge in [0.1, 0.15) is 5.75 Å². The molecule has 1 aromatic carbocycles. The van der Waals surface area contributed by atoms with E-state index in [2.05, 4.69) is 20.8 Å². The van der Waals surface area contributed by atoms with E-state index in [0.29, 0.717) is 5.75 Å². The lowest BCUT2D eigenvalue weighted by atomic mass is 9.95. The molecule has 0 spiro atoms. The van der Waals surface area contributed by atoms with Crippen LogP contribution in [0.15, 0.2) is 12.1 Å². The van der Waals surface area contributed by atoms with Gasteiger partial charge < -0.3 is 11.3 Å². The summed E-state index contributed by atoms with van der Waals surface area (Å²) in [5, 5.41) is 9.64. The Bertz CT molecular complexity index is 295. The monoisotopic (exact) mass is 195 g/mol. The molecule has 0 saturated heterocycles. The smallest absolute Gasteiger partial charge is 0.119 e. The number of phenols is 1. The van der Waals surface area contributed by atoms with Gasteiger partial charge in [0.15, 0.2) is 0 Å². The molecule has 0 unspecified atom stereocenters. The van der Waals surface area contributed by atoms with Crippen LogP contribution in [0.4, 0.5) is 0 Å². The van der Waals surface area contributed by atoms with E-state index in [1.807, 2.05) is 12.1 Å². The lowest BCUT2D eigenvalue weighted by molar-refractivity contribution is 0.467. The highest BCUT2D eigenvalue weighted by Gasteiger charge is 2.08. The summed E-state index contributed by atoms with van der Waals surface area (Å²) in [4.78, 5) is 0. The maximum atomic E-state index is 9.64. The predicted molar refractivity (Wildman–Crippen MR) is 61.3 cm³/mol.